The zero-order valence-corrected chi connectivity index (χ0v) is 24.2. The Kier molecular flexibility index (Phi) is 11.4. The first-order chi connectivity index (χ1) is 20.0. The molecule has 42 heavy (non-hydrogen) atoms. The quantitative estimate of drug-likeness (QED) is 0.303. The van der Waals surface area contributed by atoms with E-state index in [2.05, 4.69) is 5.32 Å². The molecule has 3 aromatic carbocycles. The van der Waals surface area contributed by atoms with E-state index < -0.39 is 35.8 Å². The number of phenols is 1. The maximum atomic E-state index is 14.4. The molecule has 2 N–H and O–H groups in total. The third-order valence-electron chi connectivity index (χ3n) is 7.03. The third kappa shape index (κ3) is 8.26. The Bertz CT molecular complexity index is 1320. The summed E-state index contributed by atoms with van der Waals surface area (Å²) in [5.41, 5.74) is 2.22. The Hall–Kier alpha value is -4.51. The highest BCUT2D eigenvalue weighted by Crippen LogP contribution is 2.28. The Morgan fingerprint density at radius 1 is 1.12 bits per heavy atom. The molecule has 1 aliphatic rings. The third-order valence-corrected chi connectivity index (χ3v) is 7.03. The molecule has 4 amide bonds. The average Bonchev–Trinajstić information content (AvgIpc) is 2.98. The maximum Gasteiger partial charge on any atom is 0.334 e. The van der Waals surface area contributed by atoms with E-state index in [9.17, 15) is 23.2 Å². The Balaban J connectivity index is 0.000000521. The molecule has 0 aromatic heterocycles. The molecule has 4 rings (SSSR count). The summed E-state index contributed by atoms with van der Waals surface area (Å²) in [6.45, 7) is 5.88. The van der Waals surface area contributed by atoms with E-state index in [4.69, 9.17) is 5.11 Å². The summed E-state index contributed by atoms with van der Waals surface area (Å²) in [6.07, 6.45) is -0.286. The van der Waals surface area contributed by atoms with Gasteiger partial charge in [-0.1, -0.05) is 61.0 Å². The molecular weight excluding hydrogens is 544 g/mol. The van der Waals surface area contributed by atoms with Gasteiger partial charge in [0.25, 0.3) is 0 Å². The van der Waals surface area contributed by atoms with Crippen molar-refractivity contribution in [3.8, 4) is 5.75 Å². The Morgan fingerprint density at radius 2 is 1.79 bits per heavy atom. The normalized spacial score (nSPS) is 15.5. The second kappa shape index (κ2) is 14.9. The number of aryl methyl sites for hydroxylation is 1. The van der Waals surface area contributed by atoms with Gasteiger partial charge in [-0.3, -0.25) is 9.59 Å². The first kappa shape index (κ1) is 32.0. The number of piperazine rings is 1. The minimum absolute atomic E-state index is 0.0430. The molecule has 1 unspecified atom stereocenters. The minimum atomic E-state index is -0.818. The number of phenolic OH excluding ortho intramolecular Hbond substituents is 1. The van der Waals surface area contributed by atoms with Crippen molar-refractivity contribution in [3.63, 3.8) is 0 Å². The lowest BCUT2D eigenvalue weighted by molar-refractivity contribution is -0.158. The number of benzene rings is 3. The average molecular weight is 582 g/mol. The second-order valence-corrected chi connectivity index (χ2v) is 9.94. The summed E-state index contributed by atoms with van der Waals surface area (Å²) in [5.74, 6) is -1.55. The van der Waals surface area contributed by atoms with Gasteiger partial charge in [0.15, 0.2) is 0 Å². The maximum absolute atomic E-state index is 14.4. The lowest BCUT2D eigenvalue weighted by atomic mass is 10.0. The molecule has 9 nitrogen and oxygen atoms in total. The van der Waals surface area contributed by atoms with Crippen LogP contribution in [0.5, 0.6) is 5.75 Å². The fourth-order valence-corrected chi connectivity index (χ4v) is 4.51. The number of hydrazine groups is 1. The standard InChI is InChI=1S/C24H29F2N5O3.C7H8O/c1-4-28(3)31(24(34)27-13-18-8-6-5-7-9-18)22-14-30(23(33)15-29(22)16-32)17(2)20-11-10-19(25)12-21(20)26;1-6-2-4-7(8)5-3-6/h5-12,16-17,22H,4,13-15H2,1-3H3,(H,27,34);2-5,8H,1H3/t17-,22?;/m1./s1. The summed E-state index contributed by atoms with van der Waals surface area (Å²) in [6, 6.07) is 18.5. The topological polar surface area (TPSA) is 96.4 Å². The number of carbonyl (C=O) groups excluding carboxylic acids is 3. The summed E-state index contributed by atoms with van der Waals surface area (Å²) in [5, 5.41) is 14.7. The number of urea groups is 1. The van der Waals surface area contributed by atoms with Crippen LogP contribution in [0.15, 0.2) is 72.8 Å². The predicted octanol–water partition coefficient (Wildman–Crippen LogP) is 4.43. The van der Waals surface area contributed by atoms with Gasteiger partial charge >= 0.3 is 6.03 Å². The number of amides is 4. The zero-order chi connectivity index (χ0) is 30.8. The molecule has 0 radical (unpaired) electrons. The van der Waals surface area contributed by atoms with Crippen LogP contribution in [0, 0.1) is 18.6 Å². The second-order valence-electron chi connectivity index (χ2n) is 9.94. The molecule has 0 aliphatic carbocycles. The summed E-state index contributed by atoms with van der Waals surface area (Å²) in [7, 11) is 1.70. The van der Waals surface area contributed by atoms with E-state index in [1.807, 2.05) is 56.3 Å². The highest BCUT2D eigenvalue weighted by Gasteiger charge is 2.41. The van der Waals surface area contributed by atoms with Crippen molar-refractivity contribution >= 4 is 18.3 Å². The highest BCUT2D eigenvalue weighted by atomic mass is 19.1. The van der Waals surface area contributed by atoms with Crippen molar-refractivity contribution in [1.82, 2.24) is 25.1 Å². The van der Waals surface area contributed by atoms with Crippen molar-refractivity contribution < 1.29 is 28.3 Å². The largest absolute Gasteiger partial charge is 0.508 e. The van der Waals surface area contributed by atoms with Gasteiger partial charge in [0, 0.05) is 31.8 Å². The first-order valence-corrected chi connectivity index (χ1v) is 13.6. The zero-order valence-electron chi connectivity index (χ0n) is 24.2. The number of hydrogen-bond acceptors (Lipinski definition) is 5. The molecule has 2 atom stereocenters. The van der Waals surface area contributed by atoms with Gasteiger partial charge < -0.3 is 20.2 Å². The van der Waals surface area contributed by atoms with Crippen molar-refractivity contribution in [3.05, 3.63) is 101 Å². The van der Waals surface area contributed by atoms with Crippen LogP contribution in [0.25, 0.3) is 0 Å². The van der Waals surface area contributed by atoms with Gasteiger partial charge in [0.2, 0.25) is 12.3 Å². The van der Waals surface area contributed by atoms with E-state index in [1.165, 1.54) is 26.4 Å². The molecule has 3 aromatic rings. The van der Waals surface area contributed by atoms with Crippen LogP contribution in [0.4, 0.5) is 13.6 Å². The van der Waals surface area contributed by atoms with E-state index in [0.29, 0.717) is 18.7 Å². The van der Waals surface area contributed by atoms with Crippen molar-refractivity contribution in [1.29, 1.82) is 0 Å². The smallest absolute Gasteiger partial charge is 0.334 e. The molecule has 1 aliphatic heterocycles. The SMILES string of the molecule is CCN(C)N(C(=O)NCc1ccccc1)C1CN([C@H](C)c2ccc(F)cc2F)C(=O)CN1C=O.Cc1ccc(O)cc1. The highest BCUT2D eigenvalue weighted by molar-refractivity contribution is 5.82. The first-order valence-electron chi connectivity index (χ1n) is 13.6. The lowest BCUT2D eigenvalue weighted by Crippen LogP contribution is -2.67. The molecule has 0 saturated carbocycles. The van der Waals surface area contributed by atoms with Crippen LogP contribution in [0.2, 0.25) is 0 Å². The Morgan fingerprint density at radius 3 is 2.36 bits per heavy atom. The van der Waals surface area contributed by atoms with Crippen LogP contribution in [0.1, 0.15) is 36.6 Å². The monoisotopic (exact) mass is 581 g/mol. The molecule has 0 spiro atoms. The molecule has 0 bridgehead atoms. The van der Waals surface area contributed by atoms with Crippen LogP contribution in [-0.4, -0.2) is 76.1 Å². The number of halogens is 2. The van der Waals surface area contributed by atoms with Crippen molar-refractivity contribution in [2.75, 3.05) is 26.7 Å². The van der Waals surface area contributed by atoms with Gasteiger partial charge in [-0.15, -0.1) is 0 Å². The van der Waals surface area contributed by atoms with E-state index >= 15 is 0 Å². The molecular formula is C31H37F2N5O4. The summed E-state index contributed by atoms with van der Waals surface area (Å²) in [4.78, 5) is 40.6. The van der Waals surface area contributed by atoms with Gasteiger partial charge in [0.1, 0.15) is 30.1 Å². The van der Waals surface area contributed by atoms with E-state index in [0.717, 1.165) is 17.7 Å². The van der Waals surface area contributed by atoms with Crippen LogP contribution in [0.3, 0.4) is 0 Å². The number of rotatable bonds is 8. The lowest BCUT2D eigenvalue weighted by Gasteiger charge is -2.48. The van der Waals surface area contributed by atoms with Gasteiger partial charge in [-0.05, 0) is 37.6 Å². The van der Waals surface area contributed by atoms with Crippen molar-refractivity contribution in [2.24, 2.45) is 0 Å². The van der Waals surface area contributed by atoms with Gasteiger partial charge in [-0.25, -0.2) is 23.6 Å². The predicted molar refractivity (Wildman–Crippen MR) is 155 cm³/mol. The van der Waals surface area contributed by atoms with E-state index in [1.54, 1.807) is 31.1 Å². The van der Waals surface area contributed by atoms with Crippen LogP contribution in [-0.2, 0) is 16.1 Å². The van der Waals surface area contributed by atoms with Gasteiger partial charge in [0.05, 0.1) is 12.6 Å². The number of nitrogens with zero attached hydrogens (tertiary/aromatic N) is 4. The van der Waals surface area contributed by atoms with E-state index in [-0.39, 0.29) is 25.2 Å². The summed E-state index contributed by atoms with van der Waals surface area (Å²) >= 11 is 0. The van der Waals surface area contributed by atoms with Crippen molar-refractivity contribution in [2.45, 2.75) is 39.5 Å². The molecule has 11 heteroatoms. The van der Waals surface area contributed by atoms with Gasteiger partial charge in [-0.2, -0.15) is 0 Å². The fraction of sp³-hybridized carbons (Fsp3) is 0.323. The van der Waals surface area contributed by atoms with Crippen LogP contribution >= 0.6 is 0 Å². The molecule has 1 saturated heterocycles. The number of aromatic hydroxyl groups is 1. The molecule has 1 fully saturated rings. The minimum Gasteiger partial charge on any atom is -0.508 e. The number of hydrogen-bond donors (Lipinski definition) is 2. The van der Waals surface area contributed by atoms with Crippen LogP contribution < -0.4 is 5.32 Å². The number of nitrogens with one attached hydrogen (secondary N) is 1. The molecule has 1 heterocycles. The molecule has 224 valence electrons. The number of carbonyl (C=O) groups is 3. The Labute approximate surface area is 244 Å². The summed E-state index contributed by atoms with van der Waals surface area (Å²) < 4.78 is 27.8. The fourth-order valence-electron chi connectivity index (χ4n) is 4.51.